The zero-order valence-corrected chi connectivity index (χ0v) is 15.8. The van der Waals surface area contributed by atoms with Gasteiger partial charge < -0.3 is 10.6 Å². The van der Waals surface area contributed by atoms with Gasteiger partial charge in [-0.25, -0.2) is 0 Å². The standard InChI is InChI=1S/C18H15N3OS3/c1-24-13-9-7-11(8-10-13)15-19-16-14(17(22)20-15)25-18(23)21(16)12-5-3-2-4-6-12/h2-10,15,19H,1H3,(H,20,22)/t15-/m0/s1. The normalized spacial score (nSPS) is 16.0. The number of thiazole rings is 1. The van der Waals surface area contributed by atoms with Gasteiger partial charge in [0.1, 0.15) is 16.9 Å². The van der Waals surface area contributed by atoms with Crippen LogP contribution in [0.3, 0.4) is 0 Å². The van der Waals surface area contributed by atoms with E-state index in [9.17, 15) is 4.79 Å². The minimum Gasteiger partial charge on any atom is -0.346 e. The Bertz CT molecular complexity index is 977. The quantitative estimate of drug-likeness (QED) is 0.500. The van der Waals surface area contributed by atoms with E-state index >= 15 is 0 Å². The van der Waals surface area contributed by atoms with Crippen LogP contribution in [0.4, 0.5) is 5.82 Å². The molecule has 1 amide bonds. The van der Waals surface area contributed by atoms with E-state index in [1.807, 2.05) is 53.3 Å². The molecule has 0 saturated heterocycles. The minimum absolute atomic E-state index is 0.0986. The van der Waals surface area contributed by atoms with Crippen LogP contribution in [0.25, 0.3) is 5.69 Å². The Morgan fingerprint density at radius 1 is 1.08 bits per heavy atom. The lowest BCUT2D eigenvalue weighted by Gasteiger charge is -2.27. The summed E-state index contributed by atoms with van der Waals surface area (Å²) in [4.78, 5) is 14.4. The Morgan fingerprint density at radius 3 is 2.48 bits per heavy atom. The maximum absolute atomic E-state index is 12.6. The first kappa shape index (κ1) is 16.4. The van der Waals surface area contributed by atoms with Gasteiger partial charge in [-0.05, 0) is 48.3 Å². The van der Waals surface area contributed by atoms with Crippen molar-refractivity contribution in [2.45, 2.75) is 11.1 Å². The third-order valence-electron chi connectivity index (χ3n) is 4.04. The van der Waals surface area contributed by atoms with Crippen LogP contribution in [0.1, 0.15) is 21.4 Å². The number of para-hydroxylation sites is 1. The summed E-state index contributed by atoms with van der Waals surface area (Å²) in [5.41, 5.74) is 1.96. The van der Waals surface area contributed by atoms with Crippen molar-refractivity contribution >= 4 is 47.0 Å². The van der Waals surface area contributed by atoms with Crippen molar-refractivity contribution in [3.05, 3.63) is 69.0 Å². The van der Waals surface area contributed by atoms with E-state index in [-0.39, 0.29) is 12.1 Å². The third-order valence-corrected chi connectivity index (χ3v) is 6.15. The molecular formula is C18H15N3OS3. The summed E-state index contributed by atoms with van der Waals surface area (Å²) >= 11 is 8.52. The molecule has 2 heterocycles. The molecule has 4 nitrogen and oxygen atoms in total. The first-order valence-corrected chi connectivity index (χ1v) is 10.1. The average molecular weight is 386 g/mol. The predicted octanol–water partition coefficient (Wildman–Crippen LogP) is 4.84. The van der Waals surface area contributed by atoms with Gasteiger partial charge in [-0.2, -0.15) is 0 Å². The molecule has 25 heavy (non-hydrogen) atoms. The van der Waals surface area contributed by atoms with Crippen LogP contribution < -0.4 is 10.6 Å². The molecule has 7 heteroatoms. The molecule has 0 fully saturated rings. The maximum Gasteiger partial charge on any atom is 0.267 e. The van der Waals surface area contributed by atoms with Crippen molar-refractivity contribution in [2.24, 2.45) is 0 Å². The smallest absolute Gasteiger partial charge is 0.267 e. The molecule has 3 aromatic rings. The highest BCUT2D eigenvalue weighted by Crippen LogP contribution is 2.34. The highest BCUT2D eigenvalue weighted by molar-refractivity contribution is 7.98. The number of hydrogen-bond donors (Lipinski definition) is 2. The van der Waals surface area contributed by atoms with Gasteiger partial charge in [-0.3, -0.25) is 9.36 Å². The summed E-state index contributed by atoms with van der Waals surface area (Å²) in [7, 11) is 0. The lowest BCUT2D eigenvalue weighted by Crippen LogP contribution is -2.38. The fourth-order valence-corrected chi connectivity index (χ4v) is 4.52. The first-order valence-electron chi connectivity index (χ1n) is 7.70. The summed E-state index contributed by atoms with van der Waals surface area (Å²) in [6, 6.07) is 18.0. The van der Waals surface area contributed by atoms with Crippen LogP contribution in [0.15, 0.2) is 59.5 Å². The van der Waals surface area contributed by atoms with Crippen molar-refractivity contribution in [2.75, 3.05) is 11.6 Å². The summed E-state index contributed by atoms with van der Waals surface area (Å²) in [6.07, 6.45) is 1.76. The topological polar surface area (TPSA) is 46.1 Å². The highest BCUT2D eigenvalue weighted by atomic mass is 32.2. The predicted molar refractivity (Wildman–Crippen MR) is 107 cm³/mol. The van der Waals surface area contributed by atoms with Crippen LogP contribution in [0.2, 0.25) is 0 Å². The Kier molecular flexibility index (Phi) is 4.37. The summed E-state index contributed by atoms with van der Waals surface area (Å²) in [5, 5.41) is 6.45. The maximum atomic E-state index is 12.6. The molecular weight excluding hydrogens is 370 g/mol. The second-order valence-corrected chi connectivity index (χ2v) is 8.06. The van der Waals surface area contributed by atoms with Crippen molar-refractivity contribution in [1.29, 1.82) is 0 Å². The average Bonchev–Trinajstić information content (AvgIpc) is 2.99. The largest absolute Gasteiger partial charge is 0.346 e. The van der Waals surface area contributed by atoms with E-state index in [0.717, 1.165) is 17.1 Å². The molecule has 0 saturated carbocycles. The molecule has 0 bridgehead atoms. The van der Waals surface area contributed by atoms with E-state index < -0.39 is 0 Å². The minimum atomic E-state index is -0.283. The van der Waals surface area contributed by atoms with Crippen LogP contribution in [0, 0.1) is 3.95 Å². The van der Waals surface area contributed by atoms with Gasteiger partial charge in [0.25, 0.3) is 5.91 Å². The van der Waals surface area contributed by atoms with Crippen LogP contribution in [0.5, 0.6) is 0 Å². The molecule has 0 aliphatic carbocycles. The number of rotatable bonds is 3. The van der Waals surface area contributed by atoms with Gasteiger partial charge >= 0.3 is 0 Å². The van der Waals surface area contributed by atoms with E-state index in [2.05, 4.69) is 22.8 Å². The number of carbonyl (C=O) groups excluding carboxylic acids is 1. The summed E-state index contributed by atoms with van der Waals surface area (Å²) in [5.74, 6) is 0.655. The Balaban J connectivity index is 1.76. The summed E-state index contributed by atoms with van der Waals surface area (Å²) in [6.45, 7) is 0. The molecule has 1 aliphatic rings. The molecule has 1 aromatic heterocycles. The Morgan fingerprint density at radius 2 is 1.80 bits per heavy atom. The molecule has 2 aromatic carbocycles. The number of thioether (sulfide) groups is 1. The molecule has 0 spiro atoms. The van der Waals surface area contributed by atoms with E-state index in [0.29, 0.717) is 8.83 Å². The second kappa shape index (κ2) is 6.67. The van der Waals surface area contributed by atoms with Gasteiger partial charge in [0.15, 0.2) is 3.95 Å². The molecule has 0 radical (unpaired) electrons. The fraction of sp³-hybridized carbons (Fsp3) is 0.111. The van der Waals surface area contributed by atoms with Gasteiger partial charge in [0, 0.05) is 10.6 Å². The van der Waals surface area contributed by atoms with Gasteiger partial charge in [-0.1, -0.05) is 41.7 Å². The lowest BCUT2D eigenvalue weighted by atomic mass is 10.1. The Hall–Kier alpha value is -2.09. The van der Waals surface area contributed by atoms with Gasteiger partial charge in [-0.15, -0.1) is 11.8 Å². The molecule has 1 aliphatic heterocycles. The van der Waals surface area contributed by atoms with Crippen LogP contribution >= 0.6 is 35.3 Å². The third kappa shape index (κ3) is 2.99. The van der Waals surface area contributed by atoms with Crippen molar-refractivity contribution < 1.29 is 4.79 Å². The van der Waals surface area contributed by atoms with Crippen molar-refractivity contribution in [1.82, 2.24) is 9.88 Å². The number of aromatic nitrogens is 1. The van der Waals surface area contributed by atoms with E-state index in [4.69, 9.17) is 12.2 Å². The molecule has 0 unspecified atom stereocenters. The second-order valence-electron chi connectivity index (χ2n) is 5.54. The monoisotopic (exact) mass is 385 g/mol. The molecule has 4 rings (SSSR count). The number of amides is 1. The zero-order chi connectivity index (χ0) is 17.4. The van der Waals surface area contributed by atoms with E-state index in [1.165, 1.54) is 16.2 Å². The molecule has 126 valence electrons. The Labute approximate surface area is 158 Å². The first-order chi connectivity index (χ1) is 12.2. The lowest BCUT2D eigenvalue weighted by molar-refractivity contribution is 0.0939. The number of nitrogens with zero attached hydrogens (tertiary/aromatic N) is 1. The molecule has 1 atom stereocenters. The van der Waals surface area contributed by atoms with Crippen molar-refractivity contribution in [3.63, 3.8) is 0 Å². The van der Waals surface area contributed by atoms with Crippen molar-refractivity contribution in [3.8, 4) is 5.69 Å². The number of anilines is 1. The number of benzene rings is 2. The van der Waals surface area contributed by atoms with Crippen LogP contribution in [-0.4, -0.2) is 16.7 Å². The van der Waals surface area contributed by atoms with Gasteiger partial charge in [0.05, 0.1) is 0 Å². The van der Waals surface area contributed by atoms with Crippen LogP contribution in [-0.2, 0) is 0 Å². The zero-order valence-electron chi connectivity index (χ0n) is 13.4. The fourth-order valence-electron chi connectivity index (χ4n) is 2.80. The van der Waals surface area contributed by atoms with Gasteiger partial charge in [0.2, 0.25) is 0 Å². The SMILES string of the molecule is CSc1ccc([C@@H]2NC(=O)c3sc(=S)n(-c4ccccc4)c3N2)cc1. The number of nitrogens with one attached hydrogen (secondary N) is 2. The highest BCUT2D eigenvalue weighted by Gasteiger charge is 2.29. The number of fused-ring (bicyclic) bond motifs is 1. The van der Waals surface area contributed by atoms with E-state index in [1.54, 1.807) is 11.8 Å². The molecule has 2 N–H and O–H groups in total. The summed E-state index contributed by atoms with van der Waals surface area (Å²) < 4.78 is 2.58. The number of hydrogen-bond acceptors (Lipinski definition) is 5. The number of carbonyl (C=O) groups is 1.